The maximum absolute atomic E-state index is 5.63. The second kappa shape index (κ2) is 7.51. The van der Waals surface area contributed by atoms with E-state index < -0.39 is 0 Å². The van der Waals surface area contributed by atoms with E-state index in [0.717, 1.165) is 19.6 Å². The molecule has 0 aromatic carbocycles. The molecule has 4 heteroatoms. The van der Waals surface area contributed by atoms with E-state index in [1.807, 2.05) is 6.92 Å². The average molecular weight is 218 g/mol. The summed E-state index contributed by atoms with van der Waals surface area (Å²) in [5.74, 6) is 2.56. The maximum atomic E-state index is 5.63. The highest BCUT2D eigenvalue weighted by molar-refractivity contribution is 7.99. The minimum atomic E-state index is 0.259. The van der Waals surface area contributed by atoms with Gasteiger partial charge in [0.15, 0.2) is 0 Å². The van der Waals surface area contributed by atoms with Crippen LogP contribution in [0.4, 0.5) is 0 Å². The molecule has 14 heavy (non-hydrogen) atoms. The van der Waals surface area contributed by atoms with Crippen LogP contribution in [0.2, 0.25) is 0 Å². The van der Waals surface area contributed by atoms with E-state index in [1.165, 1.54) is 24.6 Å². The number of nitrogens with zero attached hydrogens (tertiary/aromatic N) is 1. The van der Waals surface area contributed by atoms with Gasteiger partial charge in [0.25, 0.3) is 0 Å². The van der Waals surface area contributed by atoms with Crippen LogP contribution in [0.5, 0.6) is 0 Å². The zero-order valence-corrected chi connectivity index (χ0v) is 9.89. The highest BCUT2D eigenvalue weighted by atomic mass is 32.2. The molecule has 0 amide bonds. The fraction of sp³-hybridized carbons (Fsp3) is 1.00. The lowest BCUT2D eigenvalue weighted by molar-refractivity contribution is 0.0552. The Morgan fingerprint density at radius 3 is 2.71 bits per heavy atom. The standard InChI is InChI=1S/C10H22N2OS/c1-2-13-10(9-11)3-4-12-5-7-14-8-6-12/h10H,2-9,11H2,1H3. The Morgan fingerprint density at radius 1 is 1.43 bits per heavy atom. The highest BCUT2D eigenvalue weighted by Gasteiger charge is 2.12. The van der Waals surface area contributed by atoms with Crippen molar-refractivity contribution in [2.24, 2.45) is 5.73 Å². The molecule has 1 aliphatic rings. The lowest BCUT2D eigenvalue weighted by Crippen LogP contribution is -2.36. The van der Waals surface area contributed by atoms with Crippen LogP contribution >= 0.6 is 11.8 Å². The fourth-order valence-corrected chi connectivity index (χ4v) is 2.63. The molecule has 0 saturated carbocycles. The molecule has 0 aromatic rings. The molecule has 0 bridgehead atoms. The van der Waals surface area contributed by atoms with Crippen molar-refractivity contribution in [2.75, 3.05) is 44.3 Å². The number of rotatable bonds is 6. The van der Waals surface area contributed by atoms with E-state index in [2.05, 4.69) is 16.7 Å². The normalized spacial score (nSPS) is 21.0. The predicted octanol–water partition coefficient (Wildman–Crippen LogP) is 0.789. The summed E-state index contributed by atoms with van der Waals surface area (Å²) in [5.41, 5.74) is 5.63. The number of hydrogen-bond acceptors (Lipinski definition) is 4. The molecule has 1 aliphatic heterocycles. The molecule has 1 saturated heterocycles. The predicted molar refractivity (Wildman–Crippen MR) is 62.9 cm³/mol. The first-order valence-corrected chi connectivity index (χ1v) is 6.64. The summed E-state index contributed by atoms with van der Waals surface area (Å²) in [5, 5.41) is 0. The topological polar surface area (TPSA) is 38.5 Å². The van der Waals surface area contributed by atoms with Gasteiger partial charge >= 0.3 is 0 Å². The van der Waals surface area contributed by atoms with Crippen LogP contribution < -0.4 is 5.73 Å². The van der Waals surface area contributed by atoms with Gasteiger partial charge in [-0.2, -0.15) is 11.8 Å². The summed E-state index contributed by atoms with van der Waals surface area (Å²) in [6.07, 6.45) is 1.34. The summed E-state index contributed by atoms with van der Waals surface area (Å²) in [6, 6.07) is 0. The zero-order chi connectivity index (χ0) is 10.2. The van der Waals surface area contributed by atoms with Crippen molar-refractivity contribution in [3.05, 3.63) is 0 Å². The summed E-state index contributed by atoms with van der Waals surface area (Å²) in [4.78, 5) is 2.51. The second-order valence-corrected chi connectivity index (χ2v) is 4.78. The van der Waals surface area contributed by atoms with Crippen LogP contribution in [0.1, 0.15) is 13.3 Å². The van der Waals surface area contributed by atoms with Gasteiger partial charge in [-0.1, -0.05) is 0 Å². The van der Waals surface area contributed by atoms with Crippen LogP contribution in [-0.4, -0.2) is 55.3 Å². The first-order valence-electron chi connectivity index (χ1n) is 5.48. The van der Waals surface area contributed by atoms with Gasteiger partial charge in [0.2, 0.25) is 0 Å². The summed E-state index contributed by atoms with van der Waals surface area (Å²) in [7, 11) is 0. The number of thioether (sulfide) groups is 1. The van der Waals surface area contributed by atoms with Gasteiger partial charge in [0.05, 0.1) is 6.10 Å². The van der Waals surface area contributed by atoms with Gasteiger partial charge < -0.3 is 15.4 Å². The molecule has 0 radical (unpaired) electrons. The molecule has 1 rings (SSSR count). The average Bonchev–Trinajstić information content (AvgIpc) is 2.25. The Balaban J connectivity index is 2.10. The highest BCUT2D eigenvalue weighted by Crippen LogP contribution is 2.10. The Labute approximate surface area is 91.4 Å². The van der Waals surface area contributed by atoms with Crippen LogP contribution in [0.15, 0.2) is 0 Å². The maximum Gasteiger partial charge on any atom is 0.0709 e. The van der Waals surface area contributed by atoms with Crippen LogP contribution in [-0.2, 0) is 4.74 Å². The third-order valence-electron chi connectivity index (χ3n) is 2.54. The Kier molecular flexibility index (Phi) is 6.60. The van der Waals surface area contributed by atoms with Gasteiger partial charge in [0, 0.05) is 44.3 Å². The molecule has 0 aliphatic carbocycles. The van der Waals surface area contributed by atoms with Crippen LogP contribution in [0.3, 0.4) is 0 Å². The van der Waals surface area contributed by atoms with Crippen molar-refractivity contribution < 1.29 is 4.74 Å². The number of ether oxygens (including phenoxy) is 1. The second-order valence-electron chi connectivity index (χ2n) is 3.56. The Bertz CT molecular complexity index is 135. The molecular weight excluding hydrogens is 196 g/mol. The van der Waals surface area contributed by atoms with Crippen LogP contribution in [0, 0.1) is 0 Å². The molecule has 1 atom stereocenters. The monoisotopic (exact) mass is 218 g/mol. The number of nitrogens with two attached hydrogens (primary N) is 1. The van der Waals surface area contributed by atoms with E-state index in [1.54, 1.807) is 0 Å². The third kappa shape index (κ3) is 4.64. The van der Waals surface area contributed by atoms with Gasteiger partial charge in [-0.15, -0.1) is 0 Å². The molecule has 1 fully saturated rings. The zero-order valence-electron chi connectivity index (χ0n) is 9.08. The summed E-state index contributed by atoms with van der Waals surface area (Å²) in [6.45, 7) is 7.05. The van der Waals surface area contributed by atoms with Crippen molar-refractivity contribution >= 4 is 11.8 Å². The summed E-state index contributed by atoms with van der Waals surface area (Å²) >= 11 is 2.05. The third-order valence-corrected chi connectivity index (χ3v) is 3.48. The van der Waals surface area contributed by atoms with Crippen molar-refractivity contribution in [1.29, 1.82) is 0 Å². The largest absolute Gasteiger partial charge is 0.377 e. The quantitative estimate of drug-likeness (QED) is 0.715. The van der Waals surface area contributed by atoms with Gasteiger partial charge in [-0.05, 0) is 13.3 Å². The first-order chi connectivity index (χ1) is 6.86. The van der Waals surface area contributed by atoms with Crippen molar-refractivity contribution in [3.63, 3.8) is 0 Å². The van der Waals surface area contributed by atoms with E-state index in [4.69, 9.17) is 10.5 Å². The molecule has 0 spiro atoms. The molecule has 2 N–H and O–H groups in total. The summed E-state index contributed by atoms with van der Waals surface area (Å²) < 4.78 is 5.53. The van der Waals surface area contributed by atoms with Gasteiger partial charge in [0.1, 0.15) is 0 Å². The smallest absolute Gasteiger partial charge is 0.0709 e. The molecule has 84 valence electrons. The van der Waals surface area contributed by atoms with E-state index in [-0.39, 0.29) is 6.10 Å². The van der Waals surface area contributed by atoms with Crippen molar-refractivity contribution in [3.8, 4) is 0 Å². The SMILES string of the molecule is CCOC(CN)CCN1CCSCC1. The van der Waals surface area contributed by atoms with E-state index in [0.29, 0.717) is 6.54 Å². The van der Waals surface area contributed by atoms with Crippen molar-refractivity contribution in [1.82, 2.24) is 4.90 Å². The lowest BCUT2D eigenvalue weighted by Gasteiger charge is -2.27. The minimum absolute atomic E-state index is 0.259. The minimum Gasteiger partial charge on any atom is -0.377 e. The fourth-order valence-electron chi connectivity index (χ4n) is 1.66. The molecule has 1 heterocycles. The van der Waals surface area contributed by atoms with Gasteiger partial charge in [-0.3, -0.25) is 0 Å². The molecular formula is C10H22N2OS. The Morgan fingerprint density at radius 2 is 2.14 bits per heavy atom. The van der Waals surface area contributed by atoms with Gasteiger partial charge in [-0.25, -0.2) is 0 Å². The molecule has 1 unspecified atom stereocenters. The molecule has 3 nitrogen and oxygen atoms in total. The lowest BCUT2D eigenvalue weighted by atomic mass is 10.2. The van der Waals surface area contributed by atoms with Crippen molar-refractivity contribution in [2.45, 2.75) is 19.4 Å². The first kappa shape index (κ1) is 12.3. The molecule has 0 aromatic heterocycles. The Hall–Kier alpha value is 0.230. The van der Waals surface area contributed by atoms with E-state index >= 15 is 0 Å². The van der Waals surface area contributed by atoms with Crippen LogP contribution in [0.25, 0.3) is 0 Å². The van der Waals surface area contributed by atoms with E-state index in [9.17, 15) is 0 Å². The number of hydrogen-bond donors (Lipinski definition) is 1.